The molecule has 3 aliphatic rings. The van der Waals surface area contributed by atoms with Gasteiger partial charge in [0.25, 0.3) is 0 Å². The summed E-state index contributed by atoms with van der Waals surface area (Å²) in [7, 11) is 0. The summed E-state index contributed by atoms with van der Waals surface area (Å²) in [4.78, 5) is 2.50. The van der Waals surface area contributed by atoms with E-state index >= 15 is 0 Å². The molecule has 0 saturated carbocycles. The molecule has 0 unspecified atom stereocenters. The number of hydrogen-bond donors (Lipinski definition) is 1. The molecule has 1 N–H and O–H groups in total. The Morgan fingerprint density at radius 3 is 2.88 bits per heavy atom. The highest BCUT2D eigenvalue weighted by atomic mass is 19.1. The molecule has 5 heteroatoms. The van der Waals surface area contributed by atoms with Crippen LogP contribution in [0.3, 0.4) is 0 Å². The predicted octanol–water partition coefficient (Wildman–Crippen LogP) is 3.04. The van der Waals surface area contributed by atoms with E-state index in [2.05, 4.69) is 17.1 Å². The molecule has 1 aromatic rings. The molecule has 3 atom stereocenters. The molecule has 0 aromatic heterocycles. The van der Waals surface area contributed by atoms with Gasteiger partial charge in [0, 0.05) is 37.8 Å². The second-order valence-corrected chi connectivity index (χ2v) is 7.32. The van der Waals surface area contributed by atoms with Gasteiger partial charge in [0.2, 0.25) is 0 Å². The molecule has 24 heavy (non-hydrogen) atoms. The predicted molar refractivity (Wildman–Crippen MR) is 88.7 cm³/mol. The Labute approximate surface area is 141 Å². The van der Waals surface area contributed by atoms with E-state index in [4.69, 9.17) is 4.74 Å². The molecule has 0 aliphatic carbocycles. The highest BCUT2D eigenvalue weighted by molar-refractivity contribution is 5.27. The van der Waals surface area contributed by atoms with Crippen LogP contribution in [-0.2, 0) is 4.74 Å². The second-order valence-electron chi connectivity index (χ2n) is 7.32. The van der Waals surface area contributed by atoms with Crippen molar-refractivity contribution in [3.8, 4) is 0 Å². The Bertz CT molecular complexity index is 661. The molecule has 0 amide bonds. The van der Waals surface area contributed by atoms with Gasteiger partial charge in [-0.05, 0) is 42.5 Å². The molecular formula is C19H24F2N2O. The van der Waals surface area contributed by atoms with Crippen LogP contribution in [0, 0.1) is 17.6 Å². The third-order valence-electron chi connectivity index (χ3n) is 5.68. The van der Waals surface area contributed by atoms with Crippen molar-refractivity contribution in [2.45, 2.75) is 31.9 Å². The molecule has 0 spiro atoms. The standard InChI is InChI=1S/C19H24F2N2O/c1-12-6-16(23-5-4-13-8-22-9-14(13)10-23)11-24-19(12)17-7-15(20)2-3-18(17)21/h2-3,7,12,16,19,22H,4-6,8-11H2,1H3/t12-,16+,19-/m0/s1. The lowest BCUT2D eigenvalue weighted by atomic mass is 9.87. The molecule has 1 fully saturated rings. The third-order valence-corrected chi connectivity index (χ3v) is 5.68. The molecule has 0 radical (unpaired) electrons. The van der Waals surface area contributed by atoms with Crippen molar-refractivity contribution >= 4 is 0 Å². The van der Waals surface area contributed by atoms with Gasteiger partial charge in [-0.1, -0.05) is 12.5 Å². The van der Waals surface area contributed by atoms with Crippen molar-refractivity contribution in [1.82, 2.24) is 10.2 Å². The smallest absolute Gasteiger partial charge is 0.129 e. The van der Waals surface area contributed by atoms with Crippen LogP contribution in [0.4, 0.5) is 8.78 Å². The minimum atomic E-state index is -0.409. The van der Waals surface area contributed by atoms with E-state index in [1.807, 2.05) is 0 Å². The fraction of sp³-hybridized carbons (Fsp3) is 0.579. The van der Waals surface area contributed by atoms with Crippen molar-refractivity contribution < 1.29 is 13.5 Å². The van der Waals surface area contributed by atoms with Crippen molar-refractivity contribution in [2.24, 2.45) is 5.92 Å². The quantitative estimate of drug-likeness (QED) is 0.842. The number of ether oxygens (including phenoxy) is 1. The zero-order chi connectivity index (χ0) is 16.7. The molecule has 3 aliphatic heterocycles. The maximum absolute atomic E-state index is 14.1. The summed E-state index contributed by atoms with van der Waals surface area (Å²) in [6, 6.07) is 3.99. The van der Waals surface area contributed by atoms with Gasteiger partial charge in [-0.3, -0.25) is 4.90 Å². The summed E-state index contributed by atoms with van der Waals surface area (Å²) in [5.74, 6) is -0.623. The Morgan fingerprint density at radius 2 is 2.04 bits per heavy atom. The third kappa shape index (κ3) is 3.01. The maximum atomic E-state index is 14.1. The second kappa shape index (κ2) is 6.54. The molecule has 1 aromatic carbocycles. The lowest BCUT2D eigenvalue weighted by Gasteiger charge is -2.42. The lowest BCUT2D eigenvalue weighted by molar-refractivity contribution is -0.0698. The van der Waals surface area contributed by atoms with E-state index in [1.165, 1.54) is 17.7 Å². The summed E-state index contributed by atoms with van der Waals surface area (Å²) in [5.41, 5.74) is 3.47. The minimum absolute atomic E-state index is 0.164. The van der Waals surface area contributed by atoms with E-state index in [0.29, 0.717) is 18.2 Å². The SMILES string of the molecule is C[C@H]1C[C@@H](N2CCC3=C(CNC3)C2)CO[C@@H]1c1cc(F)ccc1F. The van der Waals surface area contributed by atoms with Crippen molar-refractivity contribution in [1.29, 1.82) is 0 Å². The summed E-state index contributed by atoms with van der Waals surface area (Å²) in [5, 5.41) is 3.43. The zero-order valence-corrected chi connectivity index (χ0v) is 14.0. The van der Waals surface area contributed by atoms with Gasteiger partial charge < -0.3 is 10.1 Å². The summed E-state index contributed by atoms with van der Waals surface area (Å²) in [6.07, 6.45) is 1.73. The van der Waals surface area contributed by atoms with Crippen LogP contribution in [0.5, 0.6) is 0 Å². The van der Waals surface area contributed by atoms with Gasteiger partial charge in [0.05, 0.1) is 12.7 Å². The Balaban J connectivity index is 1.44. The van der Waals surface area contributed by atoms with Crippen LogP contribution in [0.15, 0.2) is 29.3 Å². The number of benzene rings is 1. The Kier molecular flexibility index (Phi) is 4.41. The summed E-state index contributed by atoms with van der Waals surface area (Å²) >= 11 is 0. The normalized spacial score (nSPS) is 31.4. The summed E-state index contributed by atoms with van der Waals surface area (Å²) < 4.78 is 33.5. The van der Waals surface area contributed by atoms with E-state index < -0.39 is 5.82 Å². The molecular weight excluding hydrogens is 310 g/mol. The van der Waals surface area contributed by atoms with Gasteiger partial charge in [0.1, 0.15) is 11.6 Å². The first-order chi connectivity index (χ1) is 11.6. The topological polar surface area (TPSA) is 24.5 Å². The lowest BCUT2D eigenvalue weighted by Crippen LogP contribution is -2.47. The molecule has 0 bridgehead atoms. The molecule has 3 heterocycles. The van der Waals surface area contributed by atoms with Crippen molar-refractivity contribution in [3.63, 3.8) is 0 Å². The molecule has 4 rings (SSSR count). The number of halogens is 2. The highest BCUT2D eigenvalue weighted by Gasteiger charge is 2.35. The largest absolute Gasteiger partial charge is 0.372 e. The van der Waals surface area contributed by atoms with E-state index in [9.17, 15) is 8.78 Å². The average molecular weight is 334 g/mol. The summed E-state index contributed by atoms with van der Waals surface area (Å²) in [6.45, 7) is 6.80. The first-order valence-electron chi connectivity index (χ1n) is 8.83. The fourth-order valence-corrected chi connectivity index (χ4v) is 4.34. The molecule has 3 nitrogen and oxygen atoms in total. The minimum Gasteiger partial charge on any atom is -0.372 e. The van der Waals surface area contributed by atoms with Crippen molar-refractivity contribution in [3.05, 3.63) is 46.5 Å². The number of rotatable bonds is 2. The zero-order valence-electron chi connectivity index (χ0n) is 14.0. The van der Waals surface area contributed by atoms with Crippen LogP contribution < -0.4 is 5.32 Å². The van der Waals surface area contributed by atoms with Gasteiger partial charge in [0.15, 0.2) is 0 Å². The van der Waals surface area contributed by atoms with E-state index in [-0.39, 0.29) is 17.8 Å². The van der Waals surface area contributed by atoms with Crippen LogP contribution in [0.1, 0.15) is 31.4 Å². The van der Waals surface area contributed by atoms with Gasteiger partial charge in [-0.2, -0.15) is 0 Å². The van der Waals surface area contributed by atoms with E-state index in [0.717, 1.165) is 45.1 Å². The van der Waals surface area contributed by atoms with Crippen molar-refractivity contribution in [2.75, 3.05) is 32.8 Å². The average Bonchev–Trinajstić information content (AvgIpc) is 3.05. The maximum Gasteiger partial charge on any atom is 0.129 e. The first-order valence-corrected chi connectivity index (χ1v) is 8.83. The van der Waals surface area contributed by atoms with Crippen LogP contribution >= 0.6 is 0 Å². The monoisotopic (exact) mass is 334 g/mol. The number of nitrogens with zero attached hydrogens (tertiary/aromatic N) is 1. The molecule has 130 valence electrons. The number of nitrogens with one attached hydrogen (secondary N) is 1. The fourth-order valence-electron chi connectivity index (χ4n) is 4.34. The van der Waals surface area contributed by atoms with Crippen LogP contribution in [0.25, 0.3) is 0 Å². The van der Waals surface area contributed by atoms with Gasteiger partial charge in [-0.25, -0.2) is 8.78 Å². The van der Waals surface area contributed by atoms with Gasteiger partial charge >= 0.3 is 0 Å². The van der Waals surface area contributed by atoms with Crippen LogP contribution in [-0.4, -0.2) is 43.7 Å². The van der Waals surface area contributed by atoms with Gasteiger partial charge in [-0.15, -0.1) is 0 Å². The van der Waals surface area contributed by atoms with E-state index in [1.54, 1.807) is 5.57 Å². The Hall–Kier alpha value is -1.30. The number of hydrogen-bond acceptors (Lipinski definition) is 3. The molecule has 1 saturated heterocycles. The Morgan fingerprint density at radius 1 is 1.21 bits per heavy atom. The van der Waals surface area contributed by atoms with Crippen LogP contribution in [0.2, 0.25) is 0 Å². The first kappa shape index (κ1) is 16.2. The highest BCUT2D eigenvalue weighted by Crippen LogP contribution is 2.37.